The first-order valence-corrected chi connectivity index (χ1v) is 4.29. The van der Waals surface area contributed by atoms with Crippen LogP contribution in [0.25, 0.3) is 0 Å². The highest BCUT2D eigenvalue weighted by molar-refractivity contribution is 6.29. The molecule has 0 radical (unpaired) electrons. The molecular formula is C8H10ClN3. The van der Waals surface area contributed by atoms with Crippen molar-refractivity contribution in [3.05, 3.63) is 23.0 Å². The van der Waals surface area contributed by atoms with E-state index in [1.54, 1.807) is 12.3 Å². The van der Waals surface area contributed by atoms with Gasteiger partial charge in [-0.15, -0.1) is 0 Å². The van der Waals surface area contributed by atoms with Gasteiger partial charge in [-0.3, -0.25) is 0 Å². The van der Waals surface area contributed by atoms with E-state index in [4.69, 9.17) is 17.3 Å². The summed E-state index contributed by atoms with van der Waals surface area (Å²) < 4.78 is 0. The first kappa shape index (κ1) is 7.83. The van der Waals surface area contributed by atoms with Crippen LogP contribution in [0.2, 0.25) is 5.15 Å². The van der Waals surface area contributed by atoms with Gasteiger partial charge in [-0.2, -0.15) is 0 Å². The molecule has 1 atom stereocenters. The molecule has 4 heteroatoms. The summed E-state index contributed by atoms with van der Waals surface area (Å²) in [6.45, 7) is 1.06. The van der Waals surface area contributed by atoms with Crippen LogP contribution in [0.5, 0.6) is 0 Å². The van der Waals surface area contributed by atoms with Crippen LogP contribution in [0.3, 0.4) is 0 Å². The predicted molar refractivity (Wildman–Crippen MR) is 49.0 cm³/mol. The van der Waals surface area contributed by atoms with E-state index in [1.165, 1.54) is 0 Å². The Kier molecular flexibility index (Phi) is 1.90. The fraction of sp³-hybridized carbons (Fsp3) is 0.375. The molecule has 0 bridgehead atoms. The van der Waals surface area contributed by atoms with Gasteiger partial charge >= 0.3 is 0 Å². The van der Waals surface area contributed by atoms with E-state index in [2.05, 4.69) is 10.3 Å². The number of rotatable bonds is 1. The summed E-state index contributed by atoms with van der Waals surface area (Å²) in [5.41, 5.74) is 7.56. The first-order chi connectivity index (χ1) is 5.77. The molecule has 3 nitrogen and oxygen atoms in total. The summed E-state index contributed by atoms with van der Waals surface area (Å²) in [4.78, 5) is 3.99. The maximum atomic E-state index is 5.77. The Labute approximate surface area is 75.9 Å². The number of halogens is 1. The molecule has 2 heterocycles. The standard InChI is InChI=1S/C8H10ClN3/c9-8-3-6(10)5(4-12-8)7-1-2-11-7/h3-4,7,11H,1-2H2,(H2,10,12)/t7-/m1/s1. The van der Waals surface area contributed by atoms with Crippen molar-refractivity contribution in [2.24, 2.45) is 0 Å². The van der Waals surface area contributed by atoms with E-state index in [0.717, 1.165) is 24.2 Å². The Balaban J connectivity index is 2.31. The zero-order valence-electron chi connectivity index (χ0n) is 6.55. The van der Waals surface area contributed by atoms with Crippen molar-refractivity contribution in [1.29, 1.82) is 0 Å². The third kappa shape index (κ3) is 1.26. The number of nitrogens with zero attached hydrogens (tertiary/aromatic N) is 1. The molecule has 0 unspecified atom stereocenters. The van der Waals surface area contributed by atoms with E-state index >= 15 is 0 Å². The first-order valence-electron chi connectivity index (χ1n) is 3.91. The summed E-state index contributed by atoms with van der Waals surface area (Å²) in [5, 5.41) is 3.71. The van der Waals surface area contributed by atoms with Crippen molar-refractivity contribution in [2.75, 3.05) is 12.3 Å². The van der Waals surface area contributed by atoms with Gasteiger partial charge in [0.2, 0.25) is 0 Å². The number of aromatic nitrogens is 1. The predicted octanol–water partition coefficient (Wildman–Crippen LogP) is 1.35. The molecule has 2 rings (SSSR count). The Hall–Kier alpha value is -0.800. The van der Waals surface area contributed by atoms with Gasteiger partial charge in [-0.05, 0) is 19.0 Å². The molecule has 1 saturated heterocycles. The zero-order valence-corrected chi connectivity index (χ0v) is 7.30. The lowest BCUT2D eigenvalue weighted by atomic mass is 9.98. The molecule has 1 aliphatic rings. The Bertz CT molecular complexity index is 296. The van der Waals surface area contributed by atoms with Gasteiger partial charge in [0.1, 0.15) is 5.15 Å². The average Bonchev–Trinajstić information content (AvgIpc) is 1.91. The number of anilines is 1. The molecule has 1 aromatic rings. The highest BCUT2D eigenvalue weighted by Crippen LogP contribution is 2.27. The van der Waals surface area contributed by atoms with Crippen LogP contribution in [0, 0.1) is 0 Å². The molecule has 3 N–H and O–H groups in total. The Morgan fingerprint density at radius 3 is 2.92 bits per heavy atom. The van der Waals surface area contributed by atoms with E-state index in [1.807, 2.05) is 0 Å². The molecule has 12 heavy (non-hydrogen) atoms. The summed E-state index contributed by atoms with van der Waals surface area (Å²) >= 11 is 5.67. The second kappa shape index (κ2) is 2.92. The second-order valence-electron chi connectivity index (χ2n) is 2.93. The smallest absolute Gasteiger partial charge is 0.131 e. The molecule has 0 amide bonds. The minimum Gasteiger partial charge on any atom is -0.398 e. The van der Waals surface area contributed by atoms with Gasteiger partial charge in [-0.25, -0.2) is 4.98 Å². The third-order valence-corrected chi connectivity index (χ3v) is 2.34. The van der Waals surface area contributed by atoms with E-state index in [9.17, 15) is 0 Å². The van der Waals surface area contributed by atoms with E-state index < -0.39 is 0 Å². The van der Waals surface area contributed by atoms with Crippen LogP contribution in [0.15, 0.2) is 12.3 Å². The maximum absolute atomic E-state index is 5.77. The maximum Gasteiger partial charge on any atom is 0.131 e. The fourth-order valence-corrected chi connectivity index (χ4v) is 1.47. The molecule has 0 aromatic carbocycles. The highest BCUT2D eigenvalue weighted by atomic mass is 35.5. The molecule has 64 valence electrons. The summed E-state index contributed by atoms with van der Waals surface area (Å²) in [6, 6.07) is 2.08. The topological polar surface area (TPSA) is 50.9 Å². The molecule has 0 saturated carbocycles. The highest BCUT2D eigenvalue weighted by Gasteiger charge is 2.20. The van der Waals surface area contributed by atoms with Crippen molar-refractivity contribution >= 4 is 17.3 Å². The number of hydrogen-bond donors (Lipinski definition) is 2. The normalized spacial score (nSPS) is 21.9. The SMILES string of the molecule is Nc1cc(Cl)ncc1[C@H]1CCN1. The van der Waals surface area contributed by atoms with Crippen molar-refractivity contribution in [3.8, 4) is 0 Å². The van der Waals surface area contributed by atoms with Gasteiger partial charge in [0.25, 0.3) is 0 Å². The van der Waals surface area contributed by atoms with Gasteiger partial charge in [0, 0.05) is 23.5 Å². The van der Waals surface area contributed by atoms with Gasteiger partial charge in [0.15, 0.2) is 0 Å². The lowest BCUT2D eigenvalue weighted by Crippen LogP contribution is -2.35. The quantitative estimate of drug-likeness (QED) is 0.647. The van der Waals surface area contributed by atoms with Crippen LogP contribution in [0.4, 0.5) is 5.69 Å². The van der Waals surface area contributed by atoms with Crippen molar-refractivity contribution in [2.45, 2.75) is 12.5 Å². The van der Waals surface area contributed by atoms with Crippen molar-refractivity contribution in [1.82, 2.24) is 10.3 Å². The van der Waals surface area contributed by atoms with Crippen LogP contribution in [-0.2, 0) is 0 Å². The summed E-state index contributed by atoms with van der Waals surface area (Å²) in [5.74, 6) is 0. The van der Waals surface area contributed by atoms with Crippen LogP contribution in [0.1, 0.15) is 18.0 Å². The molecule has 0 spiro atoms. The number of nitrogens with one attached hydrogen (secondary N) is 1. The minimum absolute atomic E-state index is 0.384. The number of nitrogens with two attached hydrogens (primary N) is 1. The monoisotopic (exact) mass is 183 g/mol. The second-order valence-corrected chi connectivity index (χ2v) is 3.32. The van der Waals surface area contributed by atoms with Gasteiger partial charge < -0.3 is 11.1 Å². The largest absolute Gasteiger partial charge is 0.398 e. The van der Waals surface area contributed by atoms with Crippen molar-refractivity contribution in [3.63, 3.8) is 0 Å². The molecule has 0 aliphatic carbocycles. The van der Waals surface area contributed by atoms with Gasteiger partial charge in [0.05, 0.1) is 0 Å². The number of pyridine rings is 1. The number of nitrogen functional groups attached to an aromatic ring is 1. The Morgan fingerprint density at radius 1 is 1.67 bits per heavy atom. The Morgan fingerprint density at radius 2 is 2.42 bits per heavy atom. The molecule has 1 aromatic heterocycles. The van der Waals surface area contributed by atoms with Crippen LogP contribution >= 0.6 is 11.6 Å². The van der Waals surface area contributed by atoms with E-state index in [-0.39, 0.29) is 0 Å². The summed E-state index contributed by atoms with van der Waals surface area (Å²) in [7, 11) is 0. The van der Waals surface area contributed by atoms with E-state index in [0.29, 0.717) is 11.2 Å². The number of hydrogen-bond acceptors (Lipinski definition) is 3. The minimum atomic E-state index is 0.384. The summed E-state index contributed by atoms with van der Waals surface area (Å²) in [6.07, 6.45) is 2.88. The van der Waals surface area contributed by atoms with Crippen LogP contribution < -0.4 is 11.1 Å². The van der Waals surface area contributed by atoms with Crippen molar-refractivity contribution < 1.29 is 0 Å². The van der Waals surface area contributed by atoms with Crippen LogP contribution in [-0.4, -0.2) is 11.5 Å². The van der Waals surface area contributed by atoms with Gasteiger partial charge in [-0.1, -0.05) is 11.6 Å². The average molecular weight is 184 g/mol. The lowest BCUT2D eigenvalue weighted by Gasteiger charge is -2.28. The third-order valence-electron chi connectivity index (χ3n) is 2.13. The fourth-order valence-electron chi connectivity index (χ4n) is 1.30. The lowest BCUT2D eigenvalue weighted by molar-refractivity contribution is 0.383. The zero-order chi connectivity index (χ0) is 8.55. The molecule has 1 aliphatic heterocycles. The molecule has 1 fully saturated rings. The molecular weight excluding hydrogens is 174 g/mol.